The largest absolute Gasteiger partial charge is 0.323 e. The molecule has 19 heavy (non-hydrogen) atoms. The van der Waals surface area contributed by atoms with E-state index in [0.29, 0.717) is 17.3 Å². The van der Waals surface area contributed by atoms with Crippen molar-refractivity contribution in [2.24, 2.45) is 0 Å². The normalized spacial score (nSPS) is 16.1. The molecule has 1 aromatic heterocycles. The molecule has 6 nitrogen and oxygen atoms in total. The number of amides is 2. The minimum Gasteiger partial charge on any atom is -0.321 e. The Kier molecular flexibility index (Phi) is 4.84. The topological polar surface area (TPSA) is 75.2 Å². The standard InChI is InChI=1S/C12H18N4O2S/c1-16(7-8-17)12(18)13-11-15-14-10(19-11)9-5-3-2-4-6-9/h8-9H,2-7H2,1H3,(H,13,15,18). The van der Waals surface area contributed by atoms with Crippen LogP contribution in [-0.4, -0.2) is 41.0 Å². The van der Waals surface area contributed by atoms with E-state index in [9.17, 15) is 9.59 Å². The Morgan fingerprint density at radius 3 is 2.84 bits per heavy atom. The number of aldehydes is 1. The zero-order valence-corrected chi connectivity index (χ0v) is 11.8. The van der Waals surface area contributed by atoms with E-state index >= 15 is 0 Å². The van der Waals surface area contributed by atoms with Gasteiger partial charge in [0.15, 0.2) is 0 Å². The molecular formula is C12H18N4O2S. The molecule has 0 radical (unpaired) electrons. The van der Waals surface area contributed by atoms with Gasteiger partial charge in [-0.05, 0) is 12.8 Å². The van der Waals surface area contributed by atoms with E-state index in [1.54, 1.807) is 7.05 Å². The third kappa shape index (κ3) is 3.73. The molecule has 1 fully saturated rings. The predicted molar refractivity (Wildman–Crippen MR) is 73.4 cm³/mol. The summed E-state index contributed by atoms with van der Waals surface area (Å²) >= 11 is 1.43. The molecule has 2 rings (SSSR count). The summed E-state index contributed by atoms with van der Waals surface area (Å²) in [4.78, 5) is 23.3. The van der Waals surface area contributed by atoms with Crippen LogP contribution in [0.3, 0.4) is 0 Å². The van der Waals surface area contributed by atoms with Crippen LogP contribution in [0.15, 0.2) is 0 Å². The average molecular weight is 282 g/mol. The first-order valence-corrected chi connectivity index (χ1v) is 7.31. The van der Waals surface area contributed by atoms with Gasteiger partial charge in [0.05, 0.1) is 6.54 Å². The summed E-state index contributed by atoms with van der Waals surface area (Å²) in [6.45, 7) is 0.0696. The minimum atomic E-state index is -0.335. The second-order valence-corrected chi connectivity index (χ2v) is 5.77. The highest BCUT2D eigenvalue weighted by molar-refractivity contribution is 7.15. The first kappa shape index (κ1) is 13.9. The molecule has 1 aliphatic rings. The second kappa shape index (κ2) is 6.60. The van der Waals surface area contributed by atoms with Gasteiger partial charge in [0.25, 0.3) is 0 Å². The lowest BCUT2D eigenvalue weighted by molar-refractivity contribution is -0.108. The van der Waals surface area contributed by atoms with Crippen LogP contribution in [0.1, 0.15) is 43.0 Å². The molecule has 2 amide bonds. The summed E-state index contributed by atoms with van der Waals surface area (Å²) in [5.41, 5.74) is 0. The van der Waals surface area contributed by atoms with Crippen LogP contribution < -0.4 is 5.32 Å². The van der Waals surface area contributed by atoms with Crippen molar-refractivity contribution >= 4 is 28.8 Å². The highest BCUT2D eigenvalue weighted by atomic mass is 32.1. The fraction of sp³-hybridized carbons (Fsp3) is 0.667. The quantitative estimate of drug-likeness (QED) is 0.859. The van der Waals surface area contributed by atoms with E-state index in [2.05, 4.69) is 15.5 Å². The number of likely N-dealkylation sites (N-methyl/N-ethyl adjacent to an activating group) is 1. The van der Waals surface area contributed by atoms with Crippen LogP contribution in [0, 0.1) is 0 Å². The number of hydrogen-bond acceptors (Lipinski definition) is 5. The summed E-state index contributed by atoms with van der Waals surface area (Å²) in [5, 5.41) is 12.3. The Balaban J connectivity index is 1.93. The molecule has 7 heteroatoms. The predicted octanol–water partition coefficient (Wildman–Crippen LogP) is 2.25. The molecule has 1 aliphatic carbocycles. The van der Waals surface area contributed by atoms with Crippen molar-refractivity contribution in [2.45, 2.75) is 38.0 Å². The number of urea groups is 1. The molecule has 0 bridgehead atoms. The van der Waals surface area contributed by atoms with Crippen molar-refractivity contribution in [3.8, 4) is 0 Å². The van der Waals surface area contributed by atoms with Gasteiger partial charge in [0.1, 0.15) is 11.3 Å². The number of hydrogen-bond donors (Lipinski definition) is 1. The number of rotatable bonds is 4. The lowest BCUT2D eigenvalue weighted by Gasteiger charge is -2.18. The number of nitrogens with zero attached hydrogens (tertiary/aromatic N) is 3. The Bertz CT molecular complexity index is 443. The fourth-order valence-corrected chi connectivity index (χ4v) is 3.08. The molecule has 104 valence electrons. The van der Waals surface area contributed by atoms with Crippen LogP contribution in [0.2, 0.25) is 0 Å². The van der Waals surface area contributed by atoms with Crippen molar-refractivity contribution in [2.75, 3.05) is 18.9 Å². The fourth-order valence-electron chi connectivity index (χ4n) is 2.18. The molecule has 0 aliphatic heterocycles. The number of anilines is 1. The van der Waals surface area contributed by atoms with Gasteiger partial charge in [0, 0.05) is 13.0 Å². The summed E-state index contributed by atoms with van der Waals surface area (Å²) in [7, 11) is 1.56. The first-order chi connectivity index (χ1) is 9.20. The van der Waals surface area contributed by atoms with Crippen molar-refractivity contribution in [3.63, 3.8) is 0 Å². The third-order valence-electron chi connectivity index (χ3n) is 3.30. The third-order valence-corrected chi connectivity index (χ3v) is 4.31. The van der Waals surface area contributed by atoms with E-state index in [0.717, 1.165) is 17.8 Å². The van der Waals surface area contributed by atoms with Crippen molar-refractivity contribution in [1.82, 2.24) is 15.1 Å². The average Bonchev–Trinajstić information content (AvgIpc) is 2.88. The van der Waals surface area contributed by atoms with E-state index in [-0.39, 0.29) is 12.6 Å². The van der Waals surface area contributed by atoms with Crippen LogP contribution >= 0.6 is 11.3 Å². The Morgan fingerprint density at radius 2 is 2.16 bits per heavy atom. The number of carbonyl (C=O) groups excluding carboxylic acids is 2. The Hall–Kier alpha value is -1.50. The molecule has 1 heterocycles. The number of aromatic nitrogens is 2. The molecule has 1 aromatic rings. The minimum absolute atomic E-state index is 0.0696. The summed E-state index contributed by atoms with van der Waals surface area (Å²) in [5.74, 6) is 0.490. The molecule has 1 saturated carbocycles. The van der Waals surface area contributed by atoms with E-state index < -0.39 is 0 Å². The van der Waals surface area contributed by atoms with E-state index in [4.69, 9.17) is 0 Å². The number of nitrogens with one attached hydrogen (secondary N) is 1. The van der Waals surface area contributed by atoms with Gasteiger partial charge in [-0.15, -0.1) is 10.2 Å². The highest BCUT2D eigenvalue weighted by Crippen LogP contribution is 2.35. The van der Waals surface area contributed by atoms with Gasteiger partial charge in [-0.1, -0.05) is 30.6 Å². The van der Waals surface area contributed by atoms with Crippen LogP contribution in [0.25, 0.3) is 0 Å². The molecule has 0 saturated heterocycles. The van der Waals surface area contributed by atoms with Gasteiger partial charge in [-0.25, -0.2) is 4.79 Å². The lowest BCUT2D eigenvalue weighted by atomic mass is 9.90. The van der Waals surface area contributed by atoms with Crippen molar-refractivity contribution in [3.05, 3.63) is 5.01 Å². The Morgan fingerprint density at radius 1 is 1.42 bits per heavy atom. The second-order valence-electron chi connectivity index (χ2n) is 4.76. The molecular weight excluding hydrogens is 264 g/mol. The molecule has 0 unspecified atom stereocenters. The SMILES string of the molecule is CN(CC=O)C(=O)Nc1nnc(C2CCCCC2)s1. The maximum Gasteiger partial charge on any atom is 0.323 e. The lowest BCUT2D eigenvalue weighted by Crippen LogP contribution is -2.32. The van der Waals surface area contributed by atoms with Crippen molar-refractivity contribution < 1.29 is 9.59 Å². The van der Waals surface area contributed by atoms with Crippen LogP contribution in [0.5, 0.6) is 0 Å². The van der Waals surface area contributed by atoms with E-state index in [1.165, 1.54) is 35.5 Å². The van der Waals surface area contributed by atoms with Crippen LogP contribution in [-0.2, 0) is 4.79 Å². The van der Waals surface area contributed by atoms with Crippen LogP contribution in [0.4, 0.5) is 9.93 Å². The van der Waals surface area contributed by atoms with Crippen molar-refractivity contribution in [1.29, 1.82) is 0 Å². The van der Waals surface area contributed by atoms with Gasteiger partial charge in [-0.3, -0.25) is 5.32 Å². The number of carbonyl (C=O) groups is 2. The summed E-state index contributed by atoms with van der Waals surface area (Å²) in [6.07, 6.45) is 6.80. The summed E-state index contributed by atoms with van der Waals surface area (Å²) < 4.78 is 0. The molecule has 0 atom stereocenters. The van der Waals surface area contributed by atoms with E-state index in [1.807, 2.05) is 0 Å². The zero-order valence-electron chi connectivity index (χ0n) is 11.0. The smallest absolute Gasteiger partial charge is 0.321 e. The Labute approximate surface area is 116 Å². The first-order valence-electron chi connectivity index (χ1n) is 6.50. The van der Waals surface area contributed by atoms with Gasteiger partial charge in [-0.2, -0.15) is 0 Å². The molecule has 1 N–H and O–H groups in total. The highest BCUT2D eigenvalue weighted by Gasteiger charge is 2.20. The maximum absolute atomic E-state index is 11.7. The molecule has 0 aromatic carbocycles. The monoisotopic (exact) mass is 282 g/mol. The molecule has 0 spiro atoms. The van der Waals surface area contributed by atoms with Gasteiger partial charge >= 0.3 is 6.03 Å². The van der Waals surface area contributed by atoms with Gasteiger partial charge in [0.2, 0.25) is 5.13 Å². The maximum atomic E-state index is 11.7. The van der Waals surface area contributed by atoms with Gasteiger partial charge < -0.3 is 9.69 Å². The summed E-state index contributed by atoms with van der Waals surface area (Å²) in [6, 6.07) is -0.335. The zero-order chi connectivity index (χ0) is 13.7.